The number of anilines is 1. The first kappa shape index (κ1) is 7.93. The van der Waals surface area contributed by atoms with Gasteiger partial charge in [-0.3, -0.25) is 0 Å². The minimum atomic E-state index is -0.287. The summed E-state index contributed by atoms with van der Waals surface area (Å²) in [7, 11) is 3.11. The van der Waals surface area contributed by atoms with E-state index in [2.05, 4.69) is 9.97 Å². The summed E-state index contributed by atoms with van der Waals surface area (Å²) in [5, 5.41) is 0. The summed E-state index contributed by atoms with van der Waals surface area (Å²) in [4.78, 5) is 31.1. The number of carbonyl (C=O) groups is 2. The second-order valence-corrected chi connectivity index (χ2v) is 2.92. The van der Waals surface area contributed by atoms with Crippen LogP contribution in [0, 0.1) is 0 Å². The quantitative estimate of drug-likeness (QED) is 0.519. The van der Waals surface area contributed by atoms with E-state index in [0.717, 1.165) is 0 Å². The molecule has 0 radical (unpaired) electrons. The molecular formula is C7H9N4O2+. The zero-order valence-electron chi connectivity index (χ0n) is 7.29. The van der Waals surface area contributed by atoms with E-state index in [1.54, 1.807) is 7.05 Å². The molecule has 6 nitrogen and oxygen atoms in total. The molecule has 0 saturated carbocycles. The van der Waals surface area contributed by atoms with Crippen molar-refractivity contribution in [2.24, 2.45) is 0 Å². The molecule has 13 heavy (non-hydrogen) atoms. The highest BCUT2D eigenvalue weighted by Gasteiger charge is 2.39. The zero-order valence-corrected chi connectivity index (χ0v) is 7.29. The lowest BCUT2D eigenvalue weighted by atomic mass is 10.3. The molecule has 2 heterocycles. The minimum Gasteiger partial charge on any atom is -0.335 e. The number of nitrogens with one attached hydrogen (secondary N) is 2. The number of fused-ring (bicyclic) bond motifs is 1. The first-order valence-corrected chi connectivity index (χ1v) is 3.82. The topological polar surface area (TPSA) is 70.5 Å². The lowest BCUT2D eigenvalue weighted by Crippen LogP contribution is -3.16. The molecule has 1 aromatic heterocycles. The zero-order chi connectivity index (χ0) is 9.59. The molecule has 0 spiro atoms. The van der Waals surface area contributed by atoms with E-state index in [1.807, 2.05) is 0 Å². The van der Waals surface area contributed by atoms with Gasteiger partial charge in [0.25, 0.3) is 0 Å². The number of carbonyl (C=O) groups excluding carboxylic acids is 2. The van der Waals surface area contributed by atoms with Gasteiger partial charge in [0.1, 0.15) is 0 Å². The van der Waals surface area contributed by atoms with Gasteiger partial charge in [0.15, 0.2) is 11.5 Å². The van der Waals surface area contributed by atoms with Crippen LogP contribution in [0.2, 0.25) is 0 Å². The fraction of sp³-hybridized carbons (Fsp3) is 0.286. The largest absolute Gasteiger partial charge is 0.430 e. The van der Waals surface area contributed by atoms with Gasteiger partial charge in [-0.05, 0) is 0 Å². The van der Waals surface area contributed by atoms with Crippen LogP contribution in [0.5, 0.6) is 0 Å². The molecule has 6 heteroatoms. The maximum Gasteiger partial charge on any atom is 0.430 e. The van der Waals surface area contributed by atoms with Crippen LogP contribution >= 0.6 is 0 Å². The molecule has 68 valence electrons. The van der Waals surface area contributed by atoms with Crippen molar-refractivity contribution in [2.75, 3.05) is 19.0 Å². The maximum atomic E-state index is 11.5. The molecule has 1 aliphatic heterocycles. The third kappa shape index (κ3) is 0.888. The van der Waals surface area contributed by atoms with Gasteiger partial charge in [0.05, 0.1) is 13.4 Å². The standard InChI is InChI=1S/C7H8N4O2/c1-10-5-4(8-3-9-5)6(12)11(2)7(10)13/h3H,1-2H3,(H,8,9)/p+1. The number of hydrogen-bond donors (Lipinski definition) is 2. The van der Waals surface area contributed by atoms with Gasteiger partial charge in [0.2, 0.25) is 0 Å². The molecule has 0 bridgehead atoms. The average molecular weight is 181 g/mol. The summed E-state index contributed by atoms with van der Waals surface area (Å²) >= 11 is 0. The van der Waals surface area contributed by atoms with Gasteiger partial charge >= 0.3 is 11.9 Å². The predicted octanol–water partition coefficient (Wildman–Crippen LogP) is -1.37. The number of nitrogens with zero attached hydrogens (tertiary/aromatic N) is 2. The highest BCUT2D eigenvalue weighted by Crippen LogP contribution is 2.15. The van der Waals surface area contributed by atoms with E-state index >= 15 is 0 Å². The van der Waals surface area contributed by atoms with Crippen molar-refractivity contribution in [3.05, 3.63) is 12.0 Å². The van der Waals surface area contributed by atoms with Crippen molar-refractivity contribution in [3.63, 3.8) is 0 Å². The Bertz CT molecular complexity index is 384. The van der Waals surface area contributed by atoms with Crippen molar-refractivity contribution in [2.45, 2.75) is 0 Å². The van der Waals surface area contributed by atoms with E-state index < -0.39 is 0 Å². The number of amides is 3. The first-order valence-electron chi connectivity index (χ1n) is 3.82. The van der Waals surface area contributed by atoms with Crippen LogP contribution in [0.4, 0.5) is 10.6 Å². The second-order valence-electron chi connectivity index (χ2n) is 2.92. The van der Waals surface area contributed by atoms with Crippen LogP contribution in [0.3, 0.4) is 0 Å². The van der Waals surface area contributed by atoms with Crippen molar-refractivity contribution < 1.29 is 14.5 Å². The molecule has 0 saturated heterocycles. The van der Waals surface area contributed by atoms with E-state index in [9.17, 15) is 9.59 Å². The van der Waals surface area contributed by atoms with Crippen LogP contribution in [-0.4, -0.2) is 36.0 Å². The Morgan fingerprint density at radius 3 is 2.92 bits per heavy atom. The van der Waals surface area contributed by atoms with Gasteiger partial charge in [-0.15, -0.1) is 0 Å². The Balaban J connectivity index is 2.59. The Morgan fingerprint density at radius 1 is 1.54 bits per heavy atom. The summed E-state index contributed by atoms with van der Waals surface area (Å²) in [5.41, 5.74) is 0.389. The van der Waals surface area contributed by atoms with Gasteiger partial charge in [0, 0.05) is 7.05 Å². The SMILES string of the molecule is CN1C(=O)[NH+](C)C(=O)c2[nH]cnc21. The van der Waals surface area contributed by atoms with Crippen LogP contribution in [0.1, 0.15) is 10.5 Å². The fourth-order valence-corrected chi connectivity index (χ4v) is 1.34. The van der Waals surface area contributed by atoms with E-state index in [4.69, 9.17) is 0 Å². The highest BCUT2D eigenvalue weighted by atomic mass is 16.2. The normalized spacial score (nSPS) is 22.0. The molecule has 1 atom stereocenters. The number of rotatable bonds is 0. The third-order valence-electron chi connectivity index (χ3n) is 2.13. The molecular weight excluding hydrogens is 172 g/mol. The summed E-state index contributed by atoms with van der Waals surface area (Å²) < 4.78 is 0. The number of imidazole rings is 1. The van der Waals surface area contributed by atoms with Crippen molar-refractivity contribution in [1.29, 1.82) is 0 Å². The van der Waals surface area contributed by atoms with Crippen LogP contribution in [-0.2, 0) is 0 Å². The Labute approximate surface area is 74.2 Å². The fourth-order valence-electron chi connectivity index (χ4n) is 1.34. The minimum absolute atomic E-state index is 0.222. The van der Waals surface area contributed by atoms with E-state index in [0.29, 0.717) is 11.5 Å². The maximum absolute atomic E-state index is 11.5. The summed E-state index contributed by atoms with van der Waals surface area (Å²) in [5.74, 6) is 0.135. The van der Waals surface area contributed by atoms with Crippen molar-refractivity contribution in [3.8, 4) is 0 Å². The lowest BCUT2D eigenvalue weighted by Gasteiger charge is -2.21. The molecule has 0 fully saturated rings. The molecule has 3 amide bonds. The van der Waals surface area contributed by atoms with Crippen molar-refractivity contribution >= 4 is 17.8 Å². The second kappa shape index (κ2) is 2.40. The van der Waals surface area contributed by atoms with Gasteiger partial charge in [-0.2, -0.15) is 4.90 Å². The average Bonchev–Trinajstić information content (AvgIpc) is 2.59. The van der Waals surface area contributed by atoms with Crippen molar-refractivity contribution in [1.82, 2.24) is 9.97 Å². The van der Waals surface area contributed by atoms with Gasteiger partial charge in [-0.25, -0.2) is 19.5 Å². The molecule has 2 rings (SSSR count). The Hall–Kier alpha value is -1.69. The number of aromatic nitrogens is 2. The molecule has 0 aliphatic carbocycles. The molecule has 1 aromatic rings. The van der Waals surface area contributed by atoms with Crippen LogP contribution in [0.15, 0.2) is 6.33 Å². The molecule has 1 unspecified atom stereocenters. The number of quaternary nitrogens is 1. The van der Waals surface area contributed by atoms with E-state index in [-0.39, 0.29) is 16.8 Å². The number of imide groups is 1. The van der Waals surface area contributed by atoms with Crippen LogP contribution in [0.25, 0.3) is 0 Å². The summed E-state index contributed by atoms with van der Waals surface area (Å²) in [6.45, 7) is 0. The molecule has 0 aromatic carbocycles. The Morgan fingerprint density at radius 2 is 2.23 bits per heavy atom. The number of H-pyrrole nitrogens is 1. The predicted molar refractivity (Wildman–Crippen MR) is 43.6 cm³/mol. The Kier molecular flexibility index (Phi) is 1.46. The number of aromatic amines is 1. The number of hydrogen-bond acceptors (Lipinski definition) is 3. The monoisotopic (exact) mass is 181 g/mol. The van der Waals surface area contributed by atoms with E-state index in [1.165, 1.54) is 18.3 Å². The summed E-state index contributed by atoms with van der Waals surface area (Å²) in [6.07, 6.45) is 1.41. The number of urea groups is 1. The third-order valence-corrected chi connectivity index (χ3v) is 2.13. The van der Waals surface area contributed by atoms with Gasteiger partial charge in [-0.1, -0.05) is 0 Å². The highest BCUT2D eigenvalue weighted by molar-refractivity contribution is 6.05. The summed E-state index contributed by atoms with van der Waals surface area (Å²) in [6, 6.07) is -0.287. The molecule has 2 N–H and O–H groups in total. The lowest BCUT2D eigenvalue weighted by molar-refractivity contribution is -0.698. The first-order chi connectivity index (χ1) is 6.13. The molecule has 1 aliphatic rings. The smallest absolute Gasteiger partial charge is 0.335 e. The van der Waals surface area contributed by atoms with Crippen LogP contribution < -0.4 is 9.80 Å². The van der Waals surface area contributed by atoms with Gasteiger partial charge < -0.3 is 4.98 Å².